The van der Waals surface area contributed by atoms with Gasteiger partial charge in [-0.15, -0.1) is 0 Å². The lowest BCUT2D eigenvalue weighted by Gasteiger charge is -2.27. The number of primary amides is 1. The van der Waals surface area contributed by atoms with Crippen molar-refractivity contribution in [2.75, 3.05) is 12.4 Å². The summed E-state index contributed by atoms with van der Waals surface area (Å²) >= 11 is 0. The van der Waals surface area contributed by atoms with E-state index in [-0.39, 0.29) is 6.04 Å². The van der Waals surface area contributed by atoms with Gasteiger partial charge >= 0.3 is 0 Å². The number of nitrogens with one attached hydrogen (secondary N) is 1. The fourth-order valence-electron chi connectivity index (χ4n) is 3.50. The van der Waals surface area contributed by atoms with Crippen LogP contribution < -0.4 is 15.8 Å². The first kappa shape index (κ1) is 15.5. The molecule has 1 aliphatic heterocycles. The molecule has 0 saturated heterocycles. The van der Waals surface area contributed by atoms with Crippen LogP contribution in [0.3, 0.4) is 0 Å². The number of fused-ring (bicyclic) bond motifs is 2. The molecule has 128 valence electrons. The zero-order valence-electron chi connectivity index (χ0n) is 13.9. The second kappa shape index (κ2) is 6.12. The van der Waals surface area contributed by atoms with E-state index in [1.807, 2.05) is 36.4 Å². The predicted octanol–water partition coefficient (Wildman–Crippen LogP) is 2.71. The van der Waals surface area contributed by atoms with E-state index in [4.69, 9.17) is 20.2 Å². The number of anilines is 1. The molecule has 2 aliphatic rings. The maximum absolute atomic E-state index is 11.8. The first-order valence-electron chi connectivity index (χ1n) is 8.23. The van der Waals surface area contributed by atoms with Gasteiger partial charge in [0, 0.05) is 16.8 Å². The molecule has 4 rings (SSSR count). The second-order valence-corrected chi connectivity index (χ2v) is 6.13. The molecule has 1 amide bonds. The number of carbonyl (C=O) groups excluding carboxylic acids is 1. The number of benzene rings is 2. The second-order valence-electron chi connectivity index (χ2n) is 6.13. The van der Waals surface area contributed by atoms with E-state index >= 15 is 0 Å². The summed E-state index contributed by atoms with van der Waals surface area (Å²) in [5.41, 5.74) is 9.33. The number of hydrogen-bond acceptors (Lipinski definition) is 4. The van der Waals surface area contributed by atoms with Gasteiger partial charge in [0.2, 0.25) is 6.10 Å². The Balaban J connectivity index is 1.70. The molecule has 0 radical (unpaired) electrons. The number of methoxy groups -OCH3 is 1. The summed E-state index contributed by atoms with van der Waals surface area (Å²) in [5, 5.41) is 3.16. The number of carbonyl (C=O) groups is 1. The Morgan fingerprint density at radius 3 is 2.92 bits per heavy atom. The van der Waals surface area contributed by atoms with Gasteiger partial charge in [0.1, 0.15) is 5.75 Å². The molecule has 2 aromatic rings. The fourth-order valence-corrected chi connectivity index (χ4v) is 3.50. The van der Waals surface area contributed by atoms with Gasteiger partial charge in [-0.3, -0.25) is 4.79 Å². The van der Waals surface area contributed by atoms with E-state index in [1.54, 1.807) is 7.11 Å². The van der Waals surface area contributed by atoms with Crippen LogP contribution in [-0.2, 0) is 16.0 Å². The number of nitrogens with zero attached hydrogens (tertiary/aromatic N) is 1. The van der Waals surface area contributed by atoms with Crippen LogP contribution >= 0.6 is 0 Å². The van der Waals surface area contributed by atoms with Crippen molar-refractivity contribution in [3.05, 3.63) is 59.2 Å². The number of amides is 1. The zero-order chi connectivity index (χ0) is 17.4. The van der Waals surface area contributed by atoms with Gasteiger partial charge in [-0.05, 0) is 30.5 Å². The monoisotopic (exact) mass is 337 g/mol. The minimum Gasteiger partial charge on any atom is -0.496 e. The number of amidine groups is 1. The first-order chi connectivity index (χ1) is 12.2. The minimum atomic E-state index is -0.838. The van der Waals surface area contributed by atoms with Crippen LogP contribution in [0.2, 0.25) is 0 Å². The summed E-state index contributed by atoms with van der Waals surface area (Å²) in [4.78, 5) is 16.5. The molecule has 0 saturated carbocycles. The SMILES string of the molecule is COc1cccc2c1C(N=C1Nc3ccccc3C(C(N)=O)O1)CC2. The van der Waals surface area contributed by atoms with Crippen LogP contribution in [0, 0.1) is 0 Å². The third-order valence-corrected chi connectivity index (χ3v) is 4.64. The van der Waals surface area contributed by atoms with Crippen molar-refractivity contribution >= 4 is 17.6 Å². The molecule has 0 aromatic heterocycles. The molecule has 0 fully saturated rings. The number of nitrogens with two attached hydrogens (primary N) is 1. The molecular formula is C19H19N3O3. The third kappa shape index (κ3) is 2.69. The van der Waals surface area contributed by atoms with Crippen molar-refractivity contribution in [1.29, 1.82) is 0 Å². The van der Waals surface area contributed by atoms with Gasteiger partial charge in [0.15, 0.2) is 0 Å². The molecule has 2 unspecified atom stereocenters. The molecule has 0 bridgehead atoms. The highest BCUT2D eigenvalue weighted by molar-refractivity contribution is 5.97. The standard InChI is InChI=1S/C19H19N3O3/c1-24-15-8-4-5-11-9-10-14(16(11)15)22-19-21-13-7-3-2-6-12(13)17(25-19)18(20)23/h2-8,14,17H,9-10H2,1H3,(H2,20,23)(H,21,22). The van der Waals surface area contributed by atoms with Crippen LogP contribution in [0.25, 0.3) is 0 Å². The summed E-state index contributed by atoms with van der Waals surface area (Å²) in [7, 11) is 1.66. The van der Waals surface area contributed by atoms with E-state index in [1.165, 1.54) is 5.56 Å². The molecule has 0 spiro atoms. The summed E-state index contributed by atoms with van der Waals surface area (Å²) in [5.74, 6) is 0.290. The van der Waals surface area contributed by atoms with Crippen LogP contribution in [-0.4, -0.2) is 19.0 Å². The van der Waals surface area contributed by atoms with Gasteiger partial charge in [-0.2, -0.15) is 0 Å². The molecule has 1 heterocycles. The maximum atomic E-state index is 11.8. The predicted molar refractivity (Wildman–Crippen MR) is 94.6 cm³/mol. The van der Waals surface area contributed by atoms with E-state index in [9.17, 15) is 4.79 Å². The molecule has 6 heteroatoms. The molecule has 2 atom stereocenters. The number of aliphatic imine (C=N–C) groups is 1. The number of para-hydroxylation sites is 1. The van der Waals surface area contributed by atoms with Crippen molar-refractivity contribution in [2.45, 2.75) is 25.0 Å². The fraction of sp³-hybridized carbons (Fsp3) is 0.263. The highest BCUT2D eigenvalue weighted by Gasteiger charge is 2.32. The number of hydrogen-bond donors (Lipinski definition) is 2. The maximum Gasteiger partial charge on any atom is 0.290 e. The van der Waals surface area contributed by atoms with E-state index < -0.39 is 12.0 Å². The zero-order valence-corrected chi connectivity index (χ0v) is 13.9. The lowest BCUT2D eigenvalue weighted by atomic mass is 10.1. The Hall–Kier alpha value is -3.02. The summed E-state index contributed by atoms with van der Waals surface area (Å²) in [6.45, 7) is 0. The normalized spacial score (nSPS) is 22.5. The summed E-state index contributed by atoms with van der Waals surface area (Å²) in [6.07, 6.45) is 0.964. The van der Waals surface area contributed by atoms with Crippen LogP contribution in [0.15, 0.2) is 47.5 Å². The van der Waals surface area contributed by atoms with Crippen molar-refractivity contribution in [3.8, 4) is 5.75 Å². The van der Waals surface area contributed by atoms with Gasteiger partial charge in [-0.1, -0.05) is 30.3 Å². The van der Waals surface area contributed by atoms with Crippen LogP contribution in [0.5, 0.6) is 5.75 Å². The van der Waals surface area contributed by atoms with Gasteiger partial charge in [0.05, 0.1) is 13.2 Å². The van der Waals surface area contributed by atoms with Crippen molar-refractivity contribution in [3.63, 3.8) is 0 Å². The Morgan fingerprint density at radius 1 is 1.28 bits per heavy atom. The van der Waals surface area contributed by atoms with Crippen molar-refractivity contribution < 1.29 is 14.3 Å². The number of rotatable bonds is 3. The Labute approximate surface area is 145 Å². The smallest absolute Gasteiger partial charge is 0.290 e. The average Bonchev–Trinajstić information content (AvgIpc) is 3.04. The molecule has 3 N–H and O–H groups in total. The van der Waals surface area contributed by atoms with E-state index in [0.29, 0.717) is 6.02 Å². The molecule has 1 aliphatic carbocycles. The average molecular weight is 337 g/mol. The highest BCUT2D eigenvalue weighted by Crippen LogP contribution is 2.41. The Kier molecular flexibility index (Phi) is 3.80. The summed E-state index contributed by atoms with van der Waals surface area (Å²) in [6, 6.07) is 13.7. The van der Waals surface area contributed by atoms with E-state index in [2.05, 4.69) is 11.4 Å². The minimum absolute atomic E-state index is 0.0764. The molecule has 2 aromatic carbocycles. The topological polar surface area (TPSA) is 85.9 Å². The van der Waals surface area contributed by atoms with Crippen molar-refractivity contribution in [2.24, 2.45) is 10.7 Å². The Bertz CT molecular complexity index is 863. The quantitative estimate of drug-likeness (QED) is 0.902. The van der Waals surface area contributed by atoms with Crippen molar-refractivity contribution in [1.82, 2.24) is 0 Å². The van der Waals surface area contributed by atoms with E-state index in [0.717, 1.165) is 35.4 Å². The van der Waals surface area contributed by atoms with Gasteiger partial charge in [-0.25, -0.2) is 4.99 Å². The highest BCUT2D eigenvalue weighted by atomic mass is 16.5. The lowest BCUT2D eigenvalue weighted by molar-refractivity contribution is -0.125. The molecule has 6 nitrogen and oxygen atoms in total. The largest absolute Gasteiger partial charge is 0.496 e. The Morgan fingerprint density at radius 2 is 2.12 bits per heavy atom. The number of ether oxygens (including phenoxy) is 2. The third-order valence-electron chi connectivity index (χ3n) is 4.64. The molecular weight excluding hydrogens is 318 g/mol. The first-order valence-corrected chi connectivity index (χ1v) is 8.23. The van der Waals surface area contributed by atoms with Gasteiger partial charge in [0.25, 0.3) is 11.9 Å². The summed E-state index contributed by atoms with van der Waals surface area (Å²) < 4.78 is 11.2. The van der Waals surface area contributed by atoms with Crippen LogP contribution in [0.1, 0.15) is 35.3 Å². The van der Waals surface area contributed by atoms with Gasteiger partial charge < -0.3 is 20.5 Å². The molecule has 25 heavy (non-hydrogen) atoms. The lowest BCUT2D eigenvalue weighted by Crippen LogP contribution is -2.34. The number of aryl methyl sites for hydroxylation is 1. The van der Waals surface area contributed by atoms with Crippen LogP contribution in [0.4, 0.5) is 5.69 Å².